The van der Waals surface area contributed by atoms with Gasteiger partial charge in [-0.2, -0.15) is 0 Å². The summed E-state index contributed by atoms with van der Waals surface area (Å²) in [5.41, 5.74) is 7.78. The smallest absolute Gasteiger partial charge is 0.226 e. The highest BCUT2D eigenvalue weighted by molar-refractivity contribution is 5.78. The maximum absolute atomic E-state index is 11.7. The standard InChI is InChI=1S/C13H14N4O/c14-11-3-4-12(16-9-11)6-13(18)17-8-10-2-1-5-15-7-10/h1-5,7,9H,6,8,14H2,(H,17,18). The molecule has 0 atom stereocenters. The van der Waals surface area contributed by atoms with E-state index in [0.717, 1.165) is 5.56 Å². The molecule has 18 heavy (non-hydrogen) atoms. The summed E-state index contributed by atoms with van der Waals surface area (Å²) < 4.78 is 0. The van der Waals surface area contributed by atoms with Gasteiger partial charge in [0.1, 0.15) is 0 Å². The van der Waals surface area contributed by atoms with Crippen molar-refractivity contribution in [2.45, 2.75) is 13.0 Å². The molecule has 92 valence electrons. The fourth-order valence-electron chi connectivity index (χ4n) is 1.47. The molecule has 3 N–H and O–H groups in total. The van der Waals surface area contributed by atoms with Gasteiger partial charge in [0.2, 0.25) is 5.91 Å². The Hall–Kier alpha value is -2.43. The number of amides is 1. The summed E-state index contributed by atoms with van der Waals surface area (Å²) in [6.45, 7) is 0.474. The Balaban J connectivity index is 1.84. The number of nitrogens with zero attached hydrogens (tertiary/aromatic N) is 2. The number of anilines is 1. The van der Waals surface area contributed by atoms with Crippen LogP contribution < -0.4 is 11.1 Å². The minimum atomic E-state index is -0.0730. The SMILES string of the molecule is Nc1ccc(CC(=O)NCc2cccnc2)nc1. The van der Waals surface area contributed by atoms with Gasteiger partial charge >= 0.3 is 0 Å². The second-order valence-electron chi connectivity index (χ2n) is 3.90. The highest BCUT2D eigenvalue weighted by atomic mass is 16.1. The lowest BCUT2D eigenvalue weighted by molar-refractivity contribution is -0.120. The van der Waals surface area contributed by atoms with Crippen molar-refractivity contribution in [3.8, 4) is 0 Å². The minimum Gasteiger partial charge on any atom is -0.397 e. The molecule has 0 aliphatic carbocycles. The largest absolute Gasteiger partial charge is 0.397 e. The van der Waals surface area contributed by atoms with Crippen molar-refractivity contribution in [2.24, 2.45) is 0 Å². The molecular weight excluding hydrogens is 228 g/mol. The van der Waals surface area contributed by atoms with E-state index in [9.17, 15) is 4.79 Å². The van der Waals surface area contributed by atoms with Gasteiger partial charge in [0.15, 0.2) is 0 Å². The van der Waals surface area contributed by atoms with Crippen LogP contribution in [0.2, 0.25) is 0 Å². The van der Waals surface area contributed by atoms with E-state index in [2.05, 4.69) is 15.3 Å². The van der Waals surface area contributed by atoms with Gasteiger partial charge < -0.3 is 11.1 Å². The third-order valence-corrected chi connectivity index (χ3v) is 2.40. The summed E-state index contributed by atoms with van der Waals surface area (Å²) >= 11 is 0. The minimum absolute atomic E-state index is 0.0730. The second kappa shape index (κ2) is 5.77. The Bertz CT molecular complexity index is 510. The maximum Gasteiger partial charge on any atom is 0.226 e. The van der Waals surface area contributed by atoms with Crippen LogP contribution in [0.3, 0.4) is 0 Å². The van der Waals surface area contributed by atoms with Crippen LogP contribution in [0.1, 0.15) is 11.3 Å². The fraction of sp³-hybridized carbons (Fsp3) is 0.154. The van der Waals surface area contributed by atoms with Gasteiger partial charge in [-0.1, -0.05) is 6.07 Å². The van der Waals surface area contributed by atoms with Crippen LogP contribution in [-0.2, 0) is 17.8 Å². The monoisotopic (exact) mass is 242 g/mol. The lowest BCUT2D eigenvalue weighted by atomic mass is 10.2. The molecule has 0 saturated carbocycles. The molecular formula is C13H14N4O. The predicted molar refractivity (Wildman–Crippen MR) is 68.4 cm³/mol. The van der Waals surface area contributed by atoms with Gasteiger partial charge in [0, 0.05) is 24.6 Å². The lowest BCUT2D eigenvalue weighted by Gasteiger charge is -2.04. The van der Waals surface area contributed by atoms with E-state index in [4.69, 9.17) is 5.73 Å². The van der Waals surface area contributed by atoms with E-state index in [1.54, 1.807) is 30.7 Å². The number of nitrogens with one attached hydrogen (secondary N) is 1. The molecule has 5 nitrogen and oxygen atoms in total. The molecule has 0 aliphatic heterocycles. The molecule has 0 unspecified atom stereocenters. The Morgan fingerprint density at radius 1 is 1.28 bits per heavy atom. The number of pyridine rings is 2. The molecule has 0 fully saturated rings. The first-order chi connectivity index (χ1) is 8.74. The average molecular weight is 242 g/mol. The van der Waals surface area contributed by atoms with Crippen molar-refractivity contribution in [3.05, 3.63) is 54.1 Å². The number of hydrogen-bond donors (Lipinski definition) is 2. The van der Waals surface area contributed by atoms with E-state index in [-0.39, 0.29) is 12.3 Å². The molecule has 2 heterocycles. The van der Waals surface area contributed by atoms with Crippen LogP contribution in [0.5, 0.6) is 0 Å². The third-order valence-electron chi connectivity index (χ3n) is 2.40. The quantitative estimate of drug-likeness (QED) is 0.835. The molecule has 0 saturated heterocycles. The molecule has 0 aromatic carbocycles. The zero-order chi connectivity index (χ0) is 12.8. The number of carbonyl (C=O) groups is 1. The van der Waals surface area contributed by atoms with Crippen LogP contribution in [0.25, 0.3) is 0 Å². The van der Waals surface area contributed by atoms with Gasteiger partial charge in [-0.3, -0.25) is 14.8 Å². The van der Waals surface area contributed by atoms with Crippen LogP contribution in [-0.4, -0.2) is 15.9 Å². The topological polar surface area (TPSA) is 80.9 Å². The van der Waals surface area contributed by atoms with Gasteiger partial charge in [-0.05, 0) is 23.8 Å². The van der Waals surface area contributed by atoms with E-state index < -0.39 is 0 Å². The summed E-state index contributed by atoms with van der Waals surface area (Å²) in [6.07, 6.45) is 5.22. The van der Waals surface area contributed by atoms with E-state index >= 15 is 0 Å². The van der Waals surface area contributed by atoms with E-state index in [1.807, 2.05) is 12.1 Å². The molecule has 2 aromatic heterocycles. The number of aromatic nitrogens is 2. The zero-order valence-corrected chi connectivity index (χ0v) is 9.84. The van der Waals surface area contributed by atoms with Crippen molar-refractivity contribution in [1.82, 2.24) is 15.3 Å². The number of carbonyl (C=O) groups excluding carboxylic acids is 1. The fourth-order valence-corrected chi connectivity index (χ4v) is 1.47. The summed E-state index contributed by atoms with van der Waals surface area (Å²) in [5, 5.41) is 2.81. The van der Waals surface area contributed by atoms with Gasteiger partial charge in [-0.15, -0.1) is 0 Å². The number of nitrogen functional groups attached to an aromatic ring is 1. The molecule has 0 aliphatic rings. The van der Waals surface area contributed by atoms with Gasteiger partial charge in [-0.25, -0.2) is 0 Å². The first-order valence-corrected chi connectivity index (χ1v) is 5.60. The van der Waals surface area contributed by atoms with E-state index in [1.165, 1.54) is 0 Å². The van der Waals surface area contributed by atoms with Crippen molar-refractivity contribution in [3.63, 3.8) is 0 Å². The van der Waals surface area contributed by atoms with Crippen LogP contribution in [0, 0.1) is 0 Å². The van der Waals surface area contributed by atoms with Crippen molar-refractivity contribution >= 4 is 11.6 Å². The predicted octanol–water partition coefficient (Wildman–Crippen LogP) is 0.918. The molecule has 5 heteroatoms. The Morgan fingerprint density at radius 3 is 2.83 bits per heavy atom. The van der Waals surface area contributed by atoms with Crippen molar-refractivity contribution < 1.29 is 4.79 Å². The highest BCUT2D eigenvalue weighted by Gasteiger charge is 2.04. The molecule has 0 radical (unpaired) electrons. The van der Waals surface area contributed by atoms with Crippen molar-refractivity contribution in [1.29, 1.82) is 0 Å². The lowest BCUT2D eigenvalue weighted by Crippen LogP contribution is -2.24. The molecule has 2 aromatic rings. The van der Waals surface area contributed by atoms with Crippen molar-refractivity contribution in [2.75, 3.05) is 5.73 Å². The summed E-state index contributed by atoms with van der Waals surface area (Å²) in [7, 11) is 0. The number of hydrogen-bond acceptors (Lipinski definition) is 4. The average Bonchev–Trinajstić information content (AvgIpc) is 2.40. The summed E-state index contributed by atoms with van der Waals surface area (Å²) in [5.74, 6) is -0.0730. The highest BCUT2D eigenvalue weighted by Crippen LogP contribution is 2.02. The Kier molecular flexibility index (Phi) is 3.86. The molecule has 0 bridgehead atoms. The molecule has 0 spiro atoms. The molecule has 1 amide bonds. The summed E-state index contributed by atoms with van der Waals surface area (Å²) in [6, 6.07) is 7.23. The van der Waals surface area contributed by atoms with Crippen LogP contribution >= 0.6 is 0 Å². The molecule has 2 rings (SSSR count). The Morgan fingerprint density at radius 2 is 2.17 bits per heavy atom. The summed E-state index contributed by atoms with van der Waals surface area (Å²) in [4.78, 5) is 19.7. The number of rotatable bonds is 4. The van der Waals surface area contributed by atoms with Crippen LogP contribution in [0.15, 0.2) is 42.9 Å². The van der Waals surface area contributed by atoms with Gasteiger partial charge in [0.25, 0.3) is 0 Å². The first-order valence-electron chi connectivity index (χ1n) is 5.60. The third kappa shape index (κ3) is 3.55. The Labute approximate surface area is 105 Å². The van der Waals surface area contributed by atoms with Gasteiger partial charge in [0.05, 0.1) is 18.3 Å². The normalized spacial score (nSPS) is 10.0. The first kappa shape index (κ1) is 12.0. The van der Waals surface area contributed by atoms with E-state index in [0.29, 0.717) is 17.9 Å². The second-order valence-corrected chi connectivity index (χ2v) is 3.90. The zero-order valence-electron chi connectivity index (χ0n) is 9.84. The maximum atomic E-state index is 11.7. The van der Waals surface area contributed by atoms with Crippen LogP contribution in [0.4, 0.5) is 5.69 Å². The number of nitrogens with two attached hydrogens (primary N) is 1.